The first kappa shape index (κ1) is 10.0. The van der Waals surface area contributed by atoms with Gasteiger partial charge in [-0.2, -0.15) is 0 Å². The van der Waals surface area contributed by atoms with E-state index in [1.165, 1.54) is 25.7 Å². The Hall–Kier alpha value is -0.0400. The Morgan fingerprint density at radius 2 is 2.08 bits per heavy atom. The number of unbranched alkanes of at least 4 members (excludes halogenated alkanes) is 1. The fourth-order valence-corrected chi connectivity index (χ4v) is 1.98. The Bertz CT molecular complexity index is 131. The third kappa shape index (κ3) is 2.48. The van der Waals surface area contributed by atoms with Gasteiger partial charge in [-0.1, -0.05) is 40.0 Å². The minimum atomic E-state index is -0.0353. The molecule has 0 aromatic heterocycles. The number of hydrogen-bond acceptors (Lipinski definition) is 1. The summed E-state index contributed by atoms with van der Waals surface area (Å²) in [7, 11) is 0. The summed E-state index contributed by atoms with van der Waals surface area (Å²) in [5.74, 6) is 1.93. The van der Waals surface area contributed by atoms with Crippen LogP contribution in [0.2, 0.25) is 0 Å². The second-order valence-corrected chi connectivity index (χ2v) is 4.54. The summed E-state index contributed by atoms with van der Waals surface area (Å²) in [4.78, 5) is 0. The van der Waals surface area contributed by atoms with Crippen LogP contribution in [0.1, 0.15) is 46.5 Å². The van der Waals surface area contributed by atoms with E-state index in [0.29, 0.717) is 11.8 Å². The molecule has 0 unspecified atom stereocenters. The van der Waals surface area contributed by atoms with Crippen LogP contribution >= 0.6 is 0 Å². The molecule has 0 bridgehead atoms. The van der Waals surface area contributed by atoms with Crippen molar-refractivity contribution < 1.29 is 5.11 Å². The summed E-state index contributed by atoms with van der Waals surface area (Å²) in [5.41, 5.74) is 0. The van der Waals surface area contributed by atoms with Crippen molar-refractivity contribution in [1.82, 2.24) is 0 Å². The largest absolute Gasteiger partial charge is 0.393 e. The van der Waals surface area contributed by atoms with E-state index in [-0.39, 0.29) is 6.10 Å². The molecule has 0 saturated heterocycles. The highest BCUT2D eigenvalue weighted by Gasteiger charge is 2.42. The smallest absolute Gasteiger partial charge is 0.0594 e. The Balaban J connectivity index is 2.14. The minimum absolute atomic E-state index is 0.0353. The van der Waals surface area contributed by atoms with Crippen molar-refractivity contribution in [2.45, 2.75) is 52.6 Å². The third-order valence-electron chi connectivity index (χ3n) is 3.03. The zero-order valence-electron chi connectivity index (χ0n) is 8.59. The van der Waals surface area contributed by atoms with Crippen molar-refractivity contribution >= 4 is 0 Å². The Labute approximate surface area is 76.2 Å². The molecule has 1 aliphatic carbocycles. The van der Waals surface area contributed by atoms with Crippen LogP contribution in [-0.4, -0.2) is 11.2 Å². The summed E-state index contributed by atoms with van der Waals surface area (Å²) < 4.78 is 0. The van der Waals surface area contributed by atoms with Crippen molar-refractivity contribution in [2.75, 3.05) is 0 Å². The van der Waals surface area contributed by atoms with E-state index in [2.05, 4.69) is 20.8 Å². The van der Waals surface area contributed by atoms with Crippen LogP contribution in [0, 0.1) is 17.8 Å². The van der Waals surface area contributed by atoms with E-state index in [1.54, 1.807) is 0 Å². The first-order valence-corrected chi connectivity index (χ1v) is 5.34. The fourth-order valence-electron chi connectivity index (χ4n) is 1.98. The lowest BCUT2D eigenvalue weighted by Crippen LogP contribution is -2.18. The van der Waals surface area contributed by atoms with Gasteiger partial charge in [-0.3, -0.25) is 0 Å². The van der Waals surface area contributed by atoms with Gasteiger partial charge in [0.1, 0.15) is 0 Å². The van der Waals surface area contributed by atoms with E-state index >= 15 is 0 Å². The van der Waals surface area contributed by atoms with Crippen molar-refractivity contribution in [3.63, 3.8) is 0 Å². The second kappa shape index (κ2) is 4.27. The maximum atomic E-state index is 9.74. The molecule has 0 amide bonds. The molecule has 0 radical (unpaired) electrons. The van der Waals surface area contributed by atoms with Crippen molar-refractivity contribution in [3.8, 4) is 0 Å². The molecule has 1 nitrogen and oxygen atoms in total. The summed E-state index contributed by atoms with van der Waals surface area (Å²) >= 11 is 0. The molecule has 0 heterocycles. The van der Waals surface area contributed by atoms with Crippen molar-refractivity contribution in [2.24, 2.45) is 17.8 Å². The summed E-state index contributed by atoms with van der Waals surface area (Å²) in [6.07, 6.45) is 5.21. The van der Waals surface area contributed by atoms with Crippen molar-refractivity contribution in [3.05, 3.63) is 0 Å². The monoisotopic (exact) mass is 170 g/mol. The zero-order chi connectivity index (χ0) is 9.14. The van der Waals surface area contributed by atoms with Gasteiger partial charge in [-0.15, -0.1) is 0 Å². The molecular weight excluding hydrogens is 148 g/mol. The molecule has 0 spiro atoms. The summed E-state index contributed by atoms with van der Waals surface area (Å²) in [5, 5.41) is 9.74. The molecule has 72 valence electrons. The highest BCUT2D eigenvalue weighted by molar-refractivity contribution is 4.91. The van der Waals surface area contributed by atoms with Gasteiger partial charge >= 0.3 is 0 Å². The lowest BCUT2D eigenvalue weighted by Gasteiger charge is -2.13. The molecule has 1 N–H and O–H groups in total. The molecule has 0 aliphatic heterocycles. The van der Waals surface area contributed by atoms with Gasteiger partial charge in [0.25, 0.3) is 0 Å². The minimum Gasteiger partial charge on any atom is -0.393 e. The summed E-state index contributed by atoms with van der Waals surface area (Å²) in [6.45, 7) is 6.45. The van der Waals surface area contributed by atoms with Crippen LogP contribution < -0.4 is 0 Å². The molecule has 0 aromatic rings. The molecule has 1 aliphatic rings. The summed E-state index contributed by atoms with van der Waals surface area (Å²) in [6, 6.07) is 0. The van der Waals surface area contributed by atoms with Crippen LogP contribution in [0.15, 0.2) is 0 Å². The quantitative estimate of drug-likeness (QED) is 0.672. The third-order valence-corrected chi connectivity index (χ3v) is 3.03. The highest BCUT2D eigenvalue weighted by Crippen LogP contribution is 2.46. The lowest BCUT2D eigenvalue weighted by atomic mass is 10.0. The lowest BCUT2D eigenvalue weighted by molar-refractivity contribution is 0.0969. The van der Waals surface area contributed by atoms with E-state index in [9.17, 15) is 5.11 Å². The number of rotatable bonds is 5. The van der Waals surface area contributed by atoms with Crippen LogP contribution in [0.3, 0.4) is 0 Å². The maximum absolute atomic E-state index is 9.74. The first-order chi connectivity index (χ1) is 5.66. The molecule has 1 saturated carbocycles. The number of aliphatic hydroxyl groups excluding tert-OH is 1. The Kier molecular flexibility index (Phi) is 3.57. The highest BCUT2D eigenvalue weighted by atomic mass is 16.3. The first-order valence-electron chi connectivity index (χ1n) is 5.34. The molecule has 12 heavy (non-hydrogen) atoms. The van der Waals surface area contributed by atoms with Gasteiger partial charge in [-0.05, 0) is 24.2 Å². The Morgan fingerprint density at radius 1 is 1.42 bits per heavy atom. The molecule has 3 atom stereocenters. The van der Waals surface area contributed by atoms with Crippen LogP contribution in [0.4, 0.5) is 0 Å². The zero-order valence-corrected chi connectivity index (χ0v) is 8.59. The predicted octanol–water partition coefficient (Wildman–Crippen LogP) is 2.83. The Morgan fingerprint density at radius 3 is 2.58 bits per heavy atom. The molecule has 1 fully saturated rings. The number of hydrogen-bond donors (Lipinski definition) is 1. The van der Waals surface area contributed by atoms with Gasteiger partial charge in [0.15, 0.2) is 0 Å². The molecule has 1 heteroatoms. The van der Waals surface area contributed by atoms with E-state index in [4.69, 9.17) is 0 Å². The SMILES string of the molecule is CCCC[C@H]1C[C@@H]1[C@H](O)C(C)C. The fraction of sp³-hybridized carbons (Fsp3) is 1.00. The van der Waals surface area contributed by atoms with E-state index in [1.807, 2.05) is 0 Å². The molecule has 0 aromatic carbocycles. The van der Waals surface area contributed by atoms with Gasteiger partial charge in [0.2, 0.25) is 0 Å². The van der Waals surface area contributed by atoms with Gasteiger partial charge < -0.3 is 5.11 Å². The van der Waals surface area contributed by atoms with E-state index < -0.39 is 0 Å². The van der Waals surface area contributed by atoms with Crippen molar-refractivity contribution in [1.29, 1.82) is 0 Å². The predicted molar refractivity (Wildman–Crippen MR) is 52.0 cm³/mol. The number of aliphatic hydroxyl groups is 1. The van der Waals surface area contributed by atoms with Gasteiger partial charge in [0.05, 0.1) is 6.10 Å². The van der Waals surface area contributed by atoms with Gasteiger partial charge in [-0.25, -0.2) is 0 Å². The van der Waals surface area contributed by atoms with Crippen LogP contribution in [0.5, 0.6) is 0 Å². The molecular formula is C11H22O. The van der Waals surface area contributed by atoms with Crippen LogP contribution in [0.25, 0.3) is 0 Å². The topological polar surface area (TPSA) is 20.2 Å². The van der Waals surface area contributed by atoms with Gasteiger partial charge in [0, 0.05) is 0 Å². The average molecular weight is 170 g/mol. The normalized spacial score (nSPS) is 30.8. The van der Waals surface area contributed by atoms with E-state index in [0.717, 1.165) is 5.92 Å². The standard InChI is InChI=1S/C11H22O/c1-4-5-6-9-7-10(9)11(12)8(2)3/h8-12H,4-7H2,1-3H3/t9-,10-,11+/m0/s1. The second-order valence-electron chi connectivity index (χ2n) is 4.54. The molecule has 1 rings (SSSR count). The average Bonchev–Trinajstić information content (AvgIpc) is 2.78. The van der Waals surface area contributed by atoms with Crippen LogP contribution in [-0.2, 0) is 0 Å². The maximum Gasteiger partial charge on any atom is 0.0594 e.